The minimum Gasteiger partial charge on any atom is -0.484 e. The number of aliphatic imine (C=N–C) groups is 1. The van der Waals surface area contributed by atoms with E-state index in [4.69, 9.17) is 4.74 Å². The summed E-state index contributed by atoms with van der Waals surface area (Å²) in [5.41, 5.74) is 1.41. The third-order valence-electron chi connectivity index (χ3n) is 4.02. The number of hydrogen-bond donors (Lipinski definition) is 2. The van der Waals surface area contributed by atoms with Crippen LogP contribution in [0.1, 0.15) is 30.8 Å². The van der Waals surface area contributed by atoms with Gasteiger partial charge in [-0.25, -0.2) is 4.99 Å². The van der Waals surface area contributed by atoms with Gasteiger partial charge in [0.05, 0.1) is 6.54 Å². The molecule has 0 saturated heterocycles. The molecule has 0 aliphatic carbocycles. The number of aryl methyl sites for hydroxylation is 2. The molecule has 0 fully saturated rings. The lowest BCUT2D eigenvalue weighted by molar-refractivity contribution is -0.153. The number of rotatable bonds is 9. The van der Waals surface area contributed by atoms with Crippen LogP contribution in [0.3, 0.4) is 0 Å². The van der Waals surface area contributed by atoms with Crippen LogP contribution in [0.15, 0.2) is 29.5 Å². The molecule has 1 aromatic carbocycles. The first-order valence-electron chi connectivity index (χ1n) is 9.50. The van der Waals surface area contributed by atoms with Gasteiger partial charge in [-0.3, -0.25) is 0 Å². The Morgan fingerprint density at radius 1 is 1.23 bits per heavy atom. The summed E-state index contributed by atoms with van der Waals surface area (Å²) in [7, 11) is 0. The maximum atomic E-state index is 12.5. The molecular formula is C19H28F3IN6O. The summed E-state index contributed by atoms with van der Waals surface area (Å²) in [5.74, 6) is 1.67. The lowest BCUT2D eigenvalue weighted by Gasteiger charge is -2.15. The van der Waals surface area contributed by atoms with Gasteiger partial charge < -0.3 is 19.9 Å². The number of alkyl halides is 3. The fourth-order valence-electron chi connectivity index (χ4n) is 2.63. The average molecular weight is 540 g/mol. The number of halogens is 4. The molecule has 0 atom stereocenters. The van der Waals surface area contributed by atoms with Crippen LogP contribution in [-0.4, -0.2) is 46.6 Å². The zero-order chi connectivity index (χ0) is 21.3. The van der Waals surface area contributed by atoms with Crippen molar-refractivity contribution in [1.82, 2.24) is 25.4 Å². The Bertz CT molecular complexity index is 810. The fraction of sp³-hybridized carbons (Fsp3) is 0.526. The van der Waals surface area contributed by atoms with Gasteiger partial charge in [-0.05, 0) is 25.5 Å². The van der Waals surface area contributed by atoms with Crippen molar-refractivity contribution in [3.8, 4) is 5.75 Å². The molecule has 0 amide bonds. The summed E-state index contributed by atoms with van der Waals surface area (Å²) >= 11 is 0. The highest BCUT2D eigenvalue weighted by Gasteiger charge is 2.28. The molecule has 1 heterocycles. The molecule has 0 saturated carbocycles. The molecule has 2 N–H and O–H groups in total. The topological polar surface area (TPSA) is 76.4 Å². The van der Waals surface area contributed by atoms with Crippen LogP contribution >= 0.6 is 24.0 Å². The van der Waals surface area contributed by atoms with Gasteiger partial charge in [0.1, 0.15) is 17.9 Å². The van der Waals surface area contributed by atoms with Gasteiger partial charge in [0.15, 0.2) is 12.6 Å². The van der Waals surface area contributed by atoms with E-state index in [0.717, 1.165) is 17.8 Å². The Morgan fingerprint density at radius 2 is 2.00 bits per heavy atom. The molecule has 0 bridgehead atoms. The van der Waals surface area contributed by atoms with E-state index in [9.17, 15) is 13.2 Å². The predicted octanol–water partition coefficient (Wildman–Crippen LogP) is 3.46. The normalized spacial score (nSPS) is 11.7. The van der Waals surface area contributed by atoms with Gasteiger partial charge >= 0.3 is 6.18 Å². The van der Waals surface area contributed by atoms with E-state index in [0.29, 0.717) is 31.2 Å². The quantitative estimate of drug-likeness (QED) is 0.290. The van der Waals surface area contributed by atoms with E-state index in [1.807, 2.05) is 24.5 Å². The highest BCUT2D eigenvalue weighted by Crippen LogP contribution is 2.24. The van der Waals surface area contributed by atoms with Crippen LogP contribution in [-0.2, 0) is 19.5 Å². The highest BCUT2D eigenvalue weighted by molar-refractivity contribution is 14.0. The number of benzene rings is 1. The molecule has 2 rings (SSSR count). The number of ether oxygens (including phenoxy) is 1. The summed E-state index contributed by atoms with van der Waals surface area (Å²) in [6, 6.07) is 5.15. The SMILES string of the molecule is CCNC(=NCc1ccc(C)cc1OCC(F)(F)F)NCCn1cnnc1CC.I. The fourth-order valence-corrected chi connectivity index (χ4v) is 2.63. The van der Waals surface area contributed by atoms with Crippen molar-refractivity contribution in [3.05, 3.63) is 41.5 Å². The maximum Gasteiger partial charge on any atom is 0.422 e. The van der Waals surface area contributed by atoms with Gasteiger partial charge in [-0.15, -0.1) is 34.2 Å². The Kier molecular flexibility index (Phi) is 10.9. The summed E-state index contributed by atoms with van der Waals surface area (Å²) in [6.07, 6.45) is -1.91. The van der Waals surface area contributed by atoms with E-state index in [1.54, 1.807) is 25.4 Å². The summed E-state index contributed by atoms with van der Waals surface area (Å²) in [5, 5.41) is 14.3. The number of guanidine groups is 1. The van der Waals surface area contributed by atoms with Crippen LogP contribution in [0.5, 0.6) is 5.75 Å². The van der Waals surface area contributed by atoms with Gasteiger partial charge in [0.25, 0.3) is 0 Å². The summed E-state index contributed by atoms with van der Waals surface area (Å²) in [6.45, 7) is 6.54. The van der Waals surface area contributed by atoms with Crippen molar-refractivity contribution >= 4 is 29.9 Å². The molecule has 0 radical (unpaired) electrons. The first kappa shape index (κ1) is 26.0. The van der Waals surface area contributed by atoms with E-state index in [2.05, 4.69) is 25.8 Å². The number of hydrogen-bond acceptors (Lipinski definition) is 4. The van der Waals surface area contributed by atoms with Crippen LogP contribution < -0.4 is 15.4 Å². The lowest BCUT2D eigenvalue weighted by Crippen LogP contribution is -2.39. The van der Waals surface area contributed by atoms with Gasteiger partial charge in [-0.1, -0.05) is 19.1 Å². The number of aromatic nitrogens is 3. The molecule has 0 unspecified atom stereocenters. The van der Waals surface area contributed by atoms with Crippen molar-refractivity contribution in [2.24, 2.45) is 4.99 Å². The monoisotopic (exact) mass is 540 g/mol. The standard InChI is InChI=1S/C19H27F3N6O.HI/c1-4-17-27-26-13-28(17)9-8-24-18(23-5-2)25-11-15-7-6-14(3)10-16(15)29-12-19(20,21)22;/h6-7,10,13H,4-5,8-9,11-12H2,1-3H3,(H2,23,24,25);1H. The molecule has 1 aromatic heterocycles. The molecule has 0 aliphatic heterocycles. The predicted molar refractivity (Wildman–Crippen MR) is 120 cm³/mol. The average Bonchev–Trinajstić information content (AvgIpc) is 3.12. The molecule has 7 nitrogen and oxygen atoms in total. The van der Waals surface area contributed by atoms with E-state index in [-0.39, 0.29) is 36.3 Å². The second-order valence-electron chi connectivity index (χ2n) is 6.43. The molecule has 30 heavy (non-hydrogen) atoms. The smallest absolute Gasteiger partial charge is 0.422 e. The van der Waals surface area contributed by atoms with Gasteiger partial charge in [0.2, 0.25) is 0 Å². The maximum absolute atomic E-state index is 12.5. The zero-order valence-corrected chi connectivity index (χ0v) is 19.6. The van der Waals surface area contributed by atoms with Crippen LogP contribution in [0.4, 0.5) is 13.2 Å². The minimum absolute atomic E-state index is 0. The van der Waals surface area contributed by atoms with Crippen molar-refractivity contribution in [2.45, 2.75) is 46.5 Å². The van der Waals surface area contributed by atoms with Gasteiger partial charge in [0, 0.05) is 31.6 Å². The van der Waals surface area contributed by atoms with Crippen molar-refractivity contribution in [1.29, 1.82) is 0 Å². The first-order valence-corrected chi connectivity index (χ1v) is 9.50. The zero-order valence-electron chi connectivity index (χ0n) is 17.3. The van der Waals surface area contributed by atoms with E-state index < -0.39 is 12.8 Å². The molecule has 0 spiro atoms. The largest absolute Gasteiger partial charge is 0.484 e. The Labute approximate surface area is 191 Å². The van der Waals surface area contributed by atoms with Crippen molar-refractivity contribution < 1.29 is 17.9 Å². The Morgan fingerprint density at radius 3 is 2.67 bits per heavy atom. The molecular weight excluding hydrogens is 512 g/mol. The summed E-state index contributed by atoms with van der Waals surface area (Å²) in [4.78, 5) is 4.47. The third kappa shape index (κ3) is 8.76. The lowest BCUT2D eigenvalue weighted by atomic mass is 10.1. The van der Waals surface area contributed by atoms with Gasteiger partial charge in [-0.2, -0.15) is 13.2 Å². The van der Waals surface area contributed by atoms with E-state index >= 15 is 0 Å². The third-order valence-corrected chi connectivity index (χ3v) is 4.02. The minimum atomic E-state index is -4.39. The van der Waals surface area contributed by atoms with Crippen LogP contribution in [0, 0.1) is 6.92 Å². The molecule has 11 heteroatoms. The molecule has 0 aliphatic rings. The highest BCUT2D eigenvalue weighted by atomic mass is 127. The first-order chi connectivity index (χ1) is 13.8. The van der Waals surface area contributed by atoms with E-state index in [1.165, 1.54) is 0 Å². The Balaban J connectivity index is 0.00000450. The van der Waals surface area contributed by atoms with Crippen LogP contribution in [0.2, 0.25) is 0 Å². The molecule has 168 valence electrons. The molecule has 2 aromatic rings. The van der Waals surface area contributed by atoms with Crippen LogP contribution in [0.25, 0.3) is 0 Å². The second kappa shape index (κ2) is 12.6. The van der Waals surface area contributed by atoms with Crippen molar-refractivity contribution in [3.63, 3.8) is 0 Å². The van der Waals surface area contributed by atoms with Crippen molar-refractivity contribution in [2.75, 3.05) is 19.7 Å². The number of nitrogens with one attached hydrogen (secondary N) is 2. The number of nitrogens with zero attached hydrogens (tertiary/aromatic N) is 4. The second-order valence-corrected chi connectivity index (χ2v) is 6.43. The Hall–Kier alpha value is -2.05. The summed E-state index contributed by atoms with van der Waals surface area (Å²) < 4.78 is 44.5.